The maximum atomic E-state index is 11.1. The van der Waals surface area contributed by atoms with E-state index in [1.54, 1.807) is 0 Å². The van der Waals surface area contributed by atoms with Crippen LogP contribution in [0.3, 0.4) is 0 Å². The highest BCUT2D eigenvalue weighted by Gasteiger charge is 2.02. The second-order valence-electron chi connectivity index (χ2n) is 6.48. The van der Waals surface area contributed by atoms with E-state index in [2.05, 4.69) is 30.5 Å². The van der Waals surface area contributed by atoms with Gasteiger partial charge in [-0.3, -0.25) is 9.59 Å². The number of ketones is 1. The summed E-state index contributed by atoms with van der Waals surface area (Å²) in [7, 11) is 1.86. The van der Waals surface area contributed by atoms with Crippen molar-refractivity contribution < 1.29 is 14.3 Å². The second kappa shape index (κ2) is 15.9. The van der Waals surface area contributed by atoms with E-state index >= 15 is 0 Å². The van der Waals surface area contributed by atoms with Crippen LogP contribution in [-0.4, -0.2) is 25.7 Å². The number of nitrogens with zero attached hydrogens (tertiary/aromatic N) is 1. The van der Waals surface area contributed by atoms with Crippen LogP contribution in [0.4, 0.5) is 5.69 Å². The number of nitriles is 1. The first-order chi connectivity index (χ1) is 16.5. The van der Waals surface area contributed by atoms with Gasteiger partial charge in [-0.05, 0) is 53.6 Å². The lowest BCUT2D eigenvalue weighted by Crippen LogP contribution is -1.94. The summed E-state index contributed by atoms with van der Waals surface area (Å²) >= 11 is 0. The Morgan fingerprint density at radius 2 is 1.82 bits per heavy atom. The third kappa shape index (κ3) is 9.51. The summed E-state index contributed by atoms with van der Waals surface area (Å²) in [5.74, 6) is 2.88. The SMILES string of the molecule is C#CCOc1ccc(/C=C(\C#N)c2ccc(NC)cc2)cc1.C=C/C=C(\C=C)C(=O)/C=C/C=O. The molecule has 2 aromatic carbocycles. The average Bonchev–Trinajstić information content (AvgIpc) is 2.88. The Morgan fingerprint density at radius 1 is 1.15 bits per heavy atom. The Labute approximate surface area is 201 Å². The molecule has 0 fully saturated rings. The molecule has 0 heterocycles. The summed E-state index contributed by atoms with van der Waals surface area (Å²) in [4.78, 5) is 21.0. The summed E-state index contributed by atoms with van der Waals surface area (Å²) < 4.78 is 5.32. The van der Waals surface area contributed by atoms with Crippen LogP contribution in [0, 0.1) is 23.7 Å². The largest absolute Gasteiger partial charge is 0.481 e. The van der Waals surface area contributed by atoms with Gasteiger partial charge in [0.05, 0.1) is 11.6 Å². The molecule has 0 saturated carbocycles. The number of aldehydes is 1. The van der Waals surface area contributed by atoms with Gasteiger partial charge >= 0.3 is 0 Å². The van der Waals surface area contributed by atoms with Crippen LogP contribution in [0.15, 0.2) is 97.6 Å². The highest BCUT2D eigenvalue weighted by Crippen LogP contribution is 2.21. The first-order valence-electron chi connectivity index (χ1n) is 10.2. The number of nitrogens with one attached hydrogen (secondary N) is 1. The fourth-order valence-corrected chi connectivity index (χ4v) is 2.55. The topological polar surface area (TPSA) is 79.2 Å². The van der Waals surface area contributed by atoms with Crippen LogP contribution >= 0.6 is 0 Å². The molecule has 0 saturated heterocycles. The fourth-order valence-electron chi connectivity index (χ4n) is 2.55. The van der Waals surface area contributed by atoms with E-state index in [0.717, 1.165) is 22.9 Å². The molecule has 0 amide bonds. The van der Waals surface area contributed by atoms with Gasteiger partial charge in [0.2, 0.25) is 0 Å². The van der Waals surface area contributed by atoms with Gasteiger partial charge in [-0.15, -0.1) is 6.42 Å². The summed E-state index contributed by atoms with van der Waals surface area (Å²) in [6.45, 7) is 7.14. The number of hydrogen-bond donors (Lipinski definition) is 1. The highest BCUT2D eigenvalue weighted by atomic mass is 16.5. The summed E-state index contributed by atoms with van der Waals surface area (Å²) in [5.41, 5.74) is 3.86. The number of carbonyl (C=O) groups is 2. The molecule has 34 heavy (non-hydrogen) atoms. The van der Waals surface area contributed by atoms with Gasteiger partial charge in [0.1, 0.15) is 18.6 Å². The number of anilines is 1. The average molecular weight is 451 g/mol. The zero-order chi connectivity index (χ0) is 25.2. The quantitative estimate of drug-likeness (QED) is 0.131. The molecule has 2 rings (SSSR count). The maximum Gasteiger partial charge on any atom is 0.185 e. The Balaban J connectivity index is 0.000000411. The van der Waals surface area contributed by atoms with Crippen LogP contribution in [0.1, 0.15) is 11.1 Å². The van der Waals surface area contributed by atoms with Crippen molar-refractivity contribution in [2.24, 2.45) is 0 Å². The first kappa shape index (κ1) is 27.2. The second-order valence-corrected chi connectivity index (χ2v) is 6.48. The number of carbonyl (C=O) groups excluding carboxylic acids is 2. The van der Waals surface area contributed by atoms with E-state index in [9.17, 15) is 14.9 Å². The smallest absolute Gasteiger partial charge is 0.185 e. The van der Waals surface area contributed by atoms with E-state index in [1.807, 2.05) is 61.7 Å². The molecular formula is C29H26N2O3. The predicted molar refractivity (Wildman–Crippen MR) is 139 cm³/mol. The number of rotatable bonds is 10. The van der Waals surface area contributed by atoms with Gasteiger partial charge in [0.15, 0.2) is 5.78 Å². The zero-order valence-corrected chi connectivity index (χ0v) is 19.0. The van der Waals surface area contributed by atoms with Crippen molar-refractivity contribution in [3.05, 3.63) is 109 Å². The minimum absolute atomic E-state index is 0.246. The third-order valence-electron chi connectivity index (χ3n) is 4.25. The number of benzene rings is 2. The zero-order valence-electron chi connectivity index (χ0n) is 19.0. The van der Waals surface area contributed by atoms with Crippen LogP contribution < -0.4 is 10.1 Å². The minimum atomic E-state index is -0.253. The molecule has 1 N–H and O–H groups in total. The van der Waals surface area contributed by atoms with Crippen molar-refractivity contribution in [2.75, 3.05) is 19.0 Å². The monoisotopic (exact) mass is 450 g/mol. The molecule has 0 unspecified atom stereocenters. The van der Waals surface area contributed by atoms with E-state index in [1.165, 1.54) is 24.3 Å². The highest BCUT2D eigenvalue weighted by molar-refractivity contribution is 6.07. The standard InChI is InChI=1S/C19H16N2O.C10H10O2/c1-3-12-22-19-10-4-15(5-11-19)13-17(14-20)16-6-8-18(21-2)9-7-16;1-3-6-9(4-2)10(12)7-5-8-11/h1,4-11,13,21H,12H2,2H3;3-8H,1-2H2/b17-13+;7-5+,9-6+. The molecule has 0 spiro atoms. The predicted octanol–water partition coefficient (Wildman–Crippen LogP) is 5.41. The number of allylic oxidation sites excluding steroid dienone is 7. The Kier molecular flexibility index (Phi) is 12.7. The van der Waals surface area contributed by atoms with Crippen molar-refractivity contribution in [3.8, 4) is 24.2 Å². The van der Waals surface area contributed by atoms with E-state index < -0.39 is 0 Å². The molecule has 0 aliphatic rings. The molecule has 5 heteroatoms. The summed E-state index contributed by atoms with van der Waals surface area (Å²) in [6.07, 6.45) is 14.3. The molecule has 0 radical (unpaired) electrons. The lowest BCUT2D eigenvalue weighted by Gasteiger charge is -2.04. The summed E-state index contributed by atoms with van der Waals surface area (Å²) in [6, 6.07) is 17.4. The normalized spacial score (nSPS) is 10.7. The fraction of sp³-hybridized carbons (Fsp3) is 0.0690. The molecule has 0 aromatic heterocycles. The lowest BCUT2D eigenvalue weighted by atomic mass is 10.0. The van der Waals surface area contributed by atoms with E-state index in [-0.39, 0.29) is 12.4 Å². The van der Waals surface area contributed by atoms with Crippen LogP contribution in [0.25, 0.3) is 11.6 Å². The molecule has 170 valence electrons. The molecule has 0 bridgehead atoms. The van der Waals surface area contributed by atoms with Gasteiger partial charge in [0, 0.05) is 18.3 Å². The van der Waals surface area contributed by atoms with Crippen LogP contribution in [0.5, 0.6) is 5.75 Å². The maximum absolute atomic E-state index is 11.1. The van der Waals surface area contributed by atoms with Crippen LogP contribution in [-0.2, 0) is 9.59 Å². The van der Waals surface area contributed by atoms with Crippen LogP contribution in [0.2, 0.25) is 0 Å². The molecule has 2 aromatic rings. The molecule has 0 aliphatic carbocycles. The van der Waals surface area contributed by atoms with Crippen molar-refractivity contribution in [2.45, 2.75) is 0 Å². The molecular weight excluding hydrogens is 424 g/mol. The minimum Gasteiger partial charge on any atom is -0.481 e. The third-order valence-corrected chi connectivity index (χ3v) is 4.25. The van der Waals surface area contributed by atoms with Gasteiger partial charge in [-0.25, -0.2) is 0 Å². The van der Waals surface area contributed by atoms with Crippen molar-refractivity contribution >= 4 is 29.4 Å². The van der Waals surface area contributed by atoms with Crippen molar-refractivity contribution in [1.82, 2.24) is 0 Å². The van der Waals surface area contributed by atoms with E-state index in [0.29, 0.717) is 23.2 Å². The Hall–Kier alpha value is -4.87. The van der Waals surface area contributed by atoms with Gasteiger partial charge in [0.25, 0.3) is 0 Å². The van der Waals surface area contributed by atoms with Gasteiger partial charge < -0.3 is 10.1 Å². The Bertz CT molecular complexity index is 1150. The summed E-state index contributed by atoms with van der Waals surface area (Å²) in [5, 5.41) is 12.4. The molecule has 0 aliphatic heterocycles. The van der Waals surface area contributed by atoms with Gasteiger partial charge in [-0.2, -0.15) is 5.26 Å². The van der Waals surface area contributed by atoms with Crippen molar-refractivity contribution in [3.63, 3.8) is 0 Å². The number of hydrogen-bond acceptors (Lipinski definition) is 5. The number of terminal acetylenes is 1. The molecule has 5 nitrogen and oxygen atoms in total. The Morgan fingerprint density at radius 3 is 2.32 bits per heavy atom. The van der Waals surface area contributed by atoms with E-state index in [4.69, 9.17) is 11.2 Å². The number of ether oxygens (including phenoxy) is 1. The molecule has 0 atom stereocenters. The van der Waals surface area contributed by atoms with Crippen molar-refractivity contribution in [1.29, 1.82) is 5.26 Å². The first-order valence-corrected chi connectivity index (χ1v) is 10.2. The van der Waals surface area contributed by atoms with Gasteiger partial charge in [-0.1, -0.05) is 61.6 Å². The lowest BCUT2D eigenvalue weighted by molar-refractivity contribution is -0.111.